The molecule has 0 bridgehead atoms. The minimum Gasteiger partial charge on any atom is -0.497 e. The number of aliphatic hydroxyl groups excluding tert-OH is 1. The molecule has 1 aliphatic carbocycles. The summed E-state index contributed by atoms with van der Waals surface area (Å²) >= 11 is 0. The van der Waals surface area contributed by atoms with Gasteiger partial charge in [-0.1, -0.05) is 49.2 Å². The van der Waals surface area contributed by atoms with Gasteiger partial charge in [0.1, 0.15) is 11.9 Å². The maximum atomic E-state index is 13.7. The van der Waals surface area contributed by atoms with E-state index in [0.29, 0.717) is 31.7 Å². The van der Waals surface area contributed by atoms with Crippen LogP contribution >= 0.6 is 0 Å². The van der Waals surface area contributed by atoms with Crippen LogP contribution in [0.4, 0.5) is 0 Å². The first kappa shape index (κ1) is 29.3. The molecule has 0 radical (unpaired) electrons. The van der Waals surface area contributed by atoms with E-state index in [0.717, 1.165) is 31.2 Å². The molecule has 1 unspecified atom stereocenters. The third kappa shape index (κ3) is 7.48. The average molecular weight is 557 g/mol. The molecule has 0 spiro atoms. The summed E-state index contributed by atoms with van der Waals surface area (Å²) in [5, 5.41) is 11.3. The highest BCUT2D eigenvalue weighted by atomic mass is 32.2. The van der Waals surface area contributed by atoms with Gasteiger partial charge in [-0.15, -0.1) is 6.58 Å². The number of hydrogen-bond donors (Lipinski definition) is 1. The molecule has 2 aromatic rings. The van der Waals surface area contributed by atoms with Crippen molar-refractivity contribution in [3.05, 3.63) is 72.8 Å². The highest BCUT2D eigenvalue weighted by Crippen LogP contribution is 2.29. The number of benzene rings is 2. The van der Waals surface area contributed by atoms with E-state index < -0.39 is 22.2 Å². The summed E-state index contributed by atoms with van der Waals surface area (Å²) in [5.74, 6) is 0.611. The molecule has 3 atom stereocenters. The van der Waals surface area contributed by atoms with Crippen molar-refractivity contribution in [1.29, 1.82) is 0 Å². The van der Waals surface area contributed by atoms with Gasteiger partial charge in [0.15, 0.2) is 0 Å². The number of hydrogen-bond acceptors (Lipinski definition) is 6. The summed E-state index contributed by atoms with van der Waals surface area (Å²) in [6.07, 6.45) is 4.99. The molecule has 2 aromatic carbocycles. The lowest BCUT2D eigenvalue weighted by molar-refractivity contribution is -0.161. The van der Waals surface area contributed by atoms with Gasteiger partial charge in [0.25, 0.3) is 5.91 Å². The Bertz CT molecular complexity index is 1180. The van der Waals surface area contributed by atoms with Crippen LogP contribution in [0.1, 0.15) is 37.7 Å². The number of morpholine rings is 1. The van der Waals surface area contributed by atoms with Gasteiger partial charge >= 0.3 is 0 Å². The zero-order valence-corrected chi connectivity index (χ0v) is 23.5. The Hall–Kier alpha value is -2.72. The summed E-state index contributed by atoms with van der Waals surface area (Å²) < 4.78 is 39.9. The average Bonchev–Trinajstić information content (AvgIpc) is 3.46. The molecule has 1 heterocycles. The molecule has 8 nitrogen and oxygen atoms in total. The van der Waals surface area contributed by atoms with Crippen molar-refractivity contribution in [2.24, 2.45) is 5.92 Å². The van der Waals surface area contributed by atoms with Gasteiger partial charge in [0, 0.05) is 26.1 Å². The number of β-amino-alcohol motifs (C(OH)–C–C–N with tert-alkyl or cyclic N) is 1. The van der Waals surface area contributed by atoms with Crippen LogP contribution in [0, 0.1) is 5.92 Å². The van der Waals surface area contributed by atoms with Gasteiger partial charge in [-0.05, 0) is 55.0 Å². The lowest BCUT2D eigenvalue weighted by atomic mass is 10.0. The van der Waals surface area contributed by atoms with Gasteiger partial charge in [-0.25, -0.2) is 8.42 Å². The van der Waals surface area contributed by atoms with Crippen LogP contribution in [-0.2, 0) is 26.0 Å². The molecule has 1 aliphatic heterocycles. The summed E-state index contributed by atoms with van der Waals surface area (Å²) in [4.78, 5) is 15.2. The number of sulfonamides is 1. The molecule has 1 saturated carbocycles. The van der Waals surface area contributed by atoms with Gasteiger partial charge in [-0.2, -0.15) is 4.31 Å². The Morgan fingerprint density at radius 2 is 1.85 bits per heavy atom. The van der Waals surface area contributed by atoms with E-state index in [1.54, 1.807) is 23.1 Å². The molecule has 0 aromatic heterocycles. The molecule has 2 fully saturated rings. The van der Waals surface area contributed by atoms with Crippen molar-refractivity contribution >= 4 is 15.9 Å². The normalized spacial score (nSPS) is 21.3. The van der Waals surface area contributed by atoms with Crippen LogP contribution in [0.25, 0.3) is 0 Å². The van der Waals surface area contributed by atoms with E-state index >= 15 is 0 Å². The highest BCUT2D eigenvalue weighted by molar-refractivity contribution is 7.89. The predicted octanol–water partition coefficient (Wildman–Crippen LogP) is 3.65. The van der Waals surface area contributed by atoms with Crippen molar-refractivity contribution in [3.8, 4) is 5.75 Å². The largest absolute Gasteiger partial charge is 0.497 e. The van der Waals surface area contributed by atoms with E-state index in [-0.39, 0.29) is 35.9 Å². The second kappa shape index (κ2) is 13.6. The summed E-state index contributed by atoms with van der Waals surface area (Å²) in [7, 11) is -2.34. The van der Waals surface area contributed by atoms with Crippen LogP contribution in [0.3, 0.4) is 0 Å². The first-order valence-electron chi connectivity index (χ1n) is 13.7. The number of rotatable bonds is 13. The van der Waals surface area contributed by atoms with E-state index in [2.05, 4.69) is 6.58 Å². The summed E-state index contributed by atoms with van der Waals surface area (Å²) in [5.41, 5.74) is 1.06. The maximum Gasteiger partial charge on any atom is 0.252 e. The van der Waals surface area contributed by atoms with Crippen LogP contribution in [0.2, 0.25) is 0 Å². The third-order valence-electron chi connectivity index (χ3n) is 7.64. The SMILES string of the molecule is C=CCC1OC[C@H](Cc2ccccc2)N(C[C@H](O)CN(CC2CCCC2)S(=O)(=O)c2ccc(OC)cc2)C1=O. The van der Waals surface area contributed by atoms with E-state index in [4.69, 9.17) is 9.47 Å². The molecule has 2 aliphatic rings. The Balaban J connectivity index is 1.53. The molecule has 1 saturated heterocycles. The summed E-state index contributed by atoms with van der Waals surface area (Å²) in [6.45, 7) is 4.34. The quantitative estimate of drug-likeness (QED) is 0.379. The molecule has 1 amide bonds. The number of methoxy groups -OCH3 is 1. The first-order valence-corrected chi connectivity index (χ1v) is 15.1. The number of amides is 1. The zero-order chi connectivity index (χ0) is 27.8. The van der Waals surface area contributed by atoms with E-state index in [1.807, 2.05) is 30.3 Å². The molecular formula is C30H40N2O6S. The highest BCUT2D eigenvalue weighted by Gasteiger charge is 2.38. The van der Waals surface area contributed by atoms with Crippen molar-refractivity contribution in [3.63, 3.8) is 0 Å². The minimum absolute atomic E-state index is 0.0205. The number of ether oxygens (including phenoxy) is 2. The zero-order valence-electron chi connectivity index (χ0n) is 22.7. The van der Waals surface area contributed by atoms with Crippen LogP contribution in [0.5, 0.6) is 5.75 Å². The van der Waals surface area contributed by atoms with Crippen LogP contribution in [0.15, 0.2) is 72.1 Å². The van der Waals surface area contributed by atoms with E-state index in [9.17, 15) is 18.3 Å². The fourth-order valence-electron chi connectivity index (χ4n) is 5.54. The number of carbonyl (C=O) groups excluding carboxylic acids is 1. The Labute approximate surface area is 232 Å². The van der Waals surface area contributed by atoms with Crippen molar-refractivity contribution in [2.75, 3.05) is 33.4 Å². The number of nitrogens with zero attached hydrogens (tertiary/aromatic N) is 2. The Morgan fingerprint density at radius 3 is 2.49 bits per heavy atom. The van der Waals surface area contributed by atoms with E-state index in [1.165, 1.54) is 23.5 Å². The molecule has 39 heavy (non-hydrogen) atoms. The Kier molecular flexibility index (Phi) is 10.2. The standard InChI is InChI=1S/C30H40N2O6S/c1-3-9-29-30(34)32(25(22-38-29)18-23-10-5-4-6-11-23)21-26(33)20-31(19-24-12-7-8-13-24)39(35,36)28-16-14-27(37-2)15-17-28/h3-6,10-11,14-17,24-26,29,33H,1,7-9,12-13,18-22H2,2H3/t25-,26+,29?/m0/s1. The van der Waals surface area contributed by atoms with Gasteiger partial charge < -0.3 is 19.5 Å². The molecule has 4 rings (SSSR count). The fraction of sp³-hybridized carbons (Fsp3) is 0.500. The maximum absolute atomic E-state index is 13.7. The molecule has 1 N–H and O–H groups in total. The van der Waals surface area contributed by atoms with Gasteiger partial charge in [0.2, 0.25) is 10.0 Å². The lowest BCUT2D eigenvalue weighted by Gasteiger charge is -2.40. The van der Waals surface area contributed by atoms with Crippen LogP contribution in [-0.4, -0.2) is 80.2 Å². The monoisotopic (exact) mass is 556 g/mol. The third-order valence-corrected chi connectivity index (χ3v) is 9.49. The lowest BCUT2D eigenvalue weighted by Crippen LogP contribution is -2.57. The predicted molar refractivity (Wildman–Crippen MR) is 150 cm³/mol. The second-order valence-electron chi connectivity index (χ2n) is 10.5. The molecular weight excluding hydrogens is 516 g/mol. The van der Waals surface area contributed by atoms with Gasteiger partial charge in [-0.3, -0.25) is 4.79 Å². The minimum atomic E-state index is -3.87. The Morgan fingerprint density at radius 1 is 1.15 bits per heavy atom. The number of carbonyl (C=O) groups is 1. The smallest absolute Gasteiger partial charge is 0.252 e. The van der Waals surface area contributed by atoms with Crippen molar-refractivity contribution in [2.45, 2.75) is 61.7 Å². The first-order chi connectivity index (χ1) is 18.8. The molecule has 212 valence electrons. The molecule has 9 heteroatoms. The van der Waals surface area contributed by atoms with Crippen LogP contribution < -0.4 is 4.74 Å². The van der Waals surface area contributed by atoms with Crippen molar-refractivity contribution < 1.29 is 27.8 Å². The fourth-order valence-corrected chi connectivity index (χ4v) is 7.09. The topological polar surface area (TPSA) is 96.4 Å². The second-order valence-corrected chi connectivity index (χ2v) is 12.4. The van der Waals surface area contributed by atoms with Crippen molar-refractivity contribution in [1.82, 2.24) is 9.21 Å². The number of aliphatic hydroxyl groups is 1. The van der Waals surface area contributed by atoms with Gasteiger partial charge in [0.05, 0.1) is 30.8 Å². The summed E-state index contributed by atoms with van der Waals surface area (Å²) in [6, 6.07) is 15.9.